The van der Waals surface area contributed by atoms with Gasteiger partial charge < -0.3 is 5.32 Å². The Morgan fingerprint density at radius 2 is 2.10 bits per heavy atom. The van der Waals surface area contributed by atoms with Crippen LogP contribution in [0.3, 0.4) is 0 Å². The van der Waals surface area contributed by atoms with Crippen LogP contribution in [0.4, 0.5) is 14.5 Å². The summed E-state index contributed by atoms with van der Waals surface area (Å²) in [4.78, 5) is 2.90. The van der Waals surface area contributed by atoms with Crippen LogP contribution in [0, 0.1) is 6.92 Å². The van der Waals surface area contributed by atoms with Crippen LogP contribution in [0.25, 0.3) is 0 Å². The van der Waals surface area contributed by atoms with Crippen molar-refractivity contribution in [1.82, 2.24) is 5.32 Å². The van der Waals surface area contributed by atoms with Crippen molar-refractivity contribution >= 4 is 21.9 Å². The number of nitrogens with one attached hydrogen (secondary N) is 2. The number of amidine groups is 1. The molecule has 9 heteroatoms. The molecule has 0 fully saturated rings. The molecule has 1 aromatic carbocycles. The minimum atomic E-state index is -4.27. The highest BCUT2D eigenvalue weighted by Crippen LogP contribution is 2.19. The molecule has 0 saturated heterocycles. The average molecular weight is 319 g/mol. The van der Waals surface area contributed by atoms with Crippen LogP contribution in [-0.4, -0.2) is 32.7 Å². The van der Waals surface area contributed by atoms with Crippen LogP contribution in [-0.2, 0) is 10.1 Å². The van der Waals surface area contributed by atoms with Gasteiger partial charge in [-0.15, -0.1) is 0 Å². The lowest BCUT2D eigenvalue weighted by atomic mass is 10.2. The minimum Gasteiger partial charge on any atom is -0.381 e. The third-order valence-corrected chi connectivity index (χ3v) is 3.47. The number of aryl methyl sites for hydroxylation is 1. The lowest BCUT2D eigenvalue weighted by Crippen LogP contribution is -2.16. The molecular formula is C12H15F2N3O3S. The zero-order valence-electron chi connectivity index (χ0n) is 11.4. The summed E-state index contributed by atoms with van der Waals surface area (Å²) < 4.78 is 56.7. The SMILES string of the molecule is CN=C(F)N/C(F)=C\CNc1ccc(S(=O)(=O)O)c(C)c1. The van der Waals surface area contributed by atoms with Gasteiger partial charge >= 0.3 is 0 Å². The fourth-order valence-corrected chi connectivity index (χ4v) is 2.22. The number of benzene rings is 1. The van der Waals surface area contributed by atoms with E-state index in [1.54, 1.807) is 5.32 Å². The van der Waals surface area contributed by atoms with Gasteiger partial charge in [-0.05, 0) is 36.8 Å². The standard InChI is InChI=1S/C12H15F2N3O3S/c1-8-7-9(3-4-10(8)21(18,19)20)16-6-5-11(13)17-12(14)15-2/h3-5,7,16H,6H2,1-2H3,(H,15,17)(H,18,19,20)/b11-5-. The zero-order chi connectivity index (χ0) is 16.0. The van der Waals surface area contributed by atoms with Crippen molar-refractivity contribution in [2.24, 2.45) is 4.99 Å². The second kappa shape index (κ2) is 7.14. The Kier molecular flexibility index (Phi) is 5.79. The fraction of sp³-hybridized carbons (Fsp3) is 0.250. The van der Waals surface area contributed by atoms with Gasteiger partial charge in [0.05, 0.1) is 4.90 Å². The maximum absolute atomic E-state index is 13.1. The lowest BCUT2D eigenvalue weighted by Gasteiger charge is -2.07. The van der Waals surface area contributed by atoms with Crippen molar-refractivity contribution in [3.05, 3.63) is 35.8 Å². The highest BCUT2D eigenvalue weighted by molar-refractivity contribution is 7.85. The van der Waals surface area contributed by atoms with Crippen molar-refractivity contribution in [3.63, 3.8) is 0 Å². The third-order valence-electron chi connectivity index (χ3n) is 2.46. The molecule has 3 N–H and O–H groups in total. The Bertz CT molecular complexity index is 672. The van der Waals surface area contributed by atoms with E-state index in [2.05, 4.69) is 10.3 Å². The molecule has 21 heavy (non-hydrogen) atoms. The van der Waals surface area contributed by atoms with E-state index in [0.29, 0.717) is 11.3 Å². The molecule has 0 radical (unpaired) electrons. The number of aliphatic imine (C=N–C) groups is 1. The normalized spacial score (nSPS) is 13.2. The Morgan fingerprint density at radius 1 is 1.43 bits per heavy atom. The van der Waals surface area contributed by atoms with Crippen molar-refractivity contribution < 1.29 is 21.8 Å². The van der Waals surface area contributed by atoms with Crippen molar-refractivity contribution in [1.29, 1.82) is 0 Å². The molecule has 116 valence electrons. The highest BCUT2D eigenvalue weighted by atomic mass is 32.2. The largest absolute Gasteiger partial charge is 0.381 e. The molecule has 1 aromatic rings. The van der Waals surface area contributed by atoms with Gasteiger partial charge in [0.25, 0.3) is 16.2 Å². The second-order valence-electron chi connectivity index (χ2n) is 4.03. The molecule has 0 amide bonds. The Labute approximate surface area is 121 Å². The van der Waals surface area contributed by atoms with Crippen LogP contribution in [0.1, 0.15) is 5.56 Å². The van der Waals surface area contributed by atoms with Gasteiger partial charge in [0.2, 0.25) is 0 Å². The molecule has 0 bridgehead atoms. The number of rotatable bonds is 5. The summed E-state index contributed by atoms with van der Waals surface area (Å²) in [6.45, 7) is 1.56. The molecular weight excluding hydrogens is 304 g/mol. The maximum Gasteiger partial charge on any atom is 0.294 e. The van der Waals surface area contributed by atoms with Crippen molar-refractivity contribution in [2.75, 3.05) is 18.9 Å². The van der Waals surface area contributed by atoms with Gasteiger partial charge in [0.15, 0.2) is 5.95 Å². The van der Waals surface area contributed by atoms with Gasteiger partial charge in [-0.3, -0.25) is 9.87 Å². The lowest BCUT2D eigenvalue weighted by molar-refractivity contribution is 0.482. The monoisotopic (exact) mass is 319 g/mol. The van der Waals surface area contributed by atoms with Crippen LogP contribution < -0.4 is 10.6 Å². The summed E-state index contributed by atoms with van der Waals surface area (Å²) in [7, 11) is -3.09. The van der Waals surface area contributed by atoms with Gasteiger partial charge in [-0.1, -0.05) is 0 Å². The van der Waals surface area contributed by atoms with E-state index < -0.39 is 22.2 Å². The van der Waals surface area contributed by atoms with E-state index in [1.165, 1.54) is 32.2 Å². The first-order valence-electron chi connectivity index (χ1n) is 5.81. The number of hydrogen-bond acceptors (Lipinski definition) is 4. The van der Waals surface area contributed by atoms with Gasteiger partial charge in [-0.25, -0.2) is 4.99 Å². The summed E-state index contributed by atoms with van der Waals surface area (Å²) in [6, 6.07) is 4.13. The quantitative estimate of drug-likeness (QED) is 0.334. The molecule has 0 aliphatic heterocycles. The molecule has 0 saturated carbocycles. The third kappa shape index (κ3) is 5.48. The Morgan fingerprint density at radius 3 is 2.62 bits per heavy atom. The first-order chi connectivity index (χ1) is 9.74. The highest BCUT2D eigenvalue weighted by Gasteiger charge is 2.12. The topological polar surface area (TPSA) is 90.8 Å². The van der Waals surface area contributed by atoms with Gasteiger partial charge in [-0.2, -0.15) is 17.2 Å². The predicted octanol–water partition coefficient (Wildman–Crippen LogP) is 2.01. The molecule has 1 rings (SSSR count). The smallest absolute Gasteiger partial charge is 0.294 e. The van der Waals surface area contributed by atoms with Gasteiger partial charge in [0, 0.05) is 19.3 Å². The summed E-state index contributed by atoms with van der Waals surface area (Å²) in [5, 5.41) is 4.57. The Balaban J connectivity index is 2.70. The number of halogens is 2. The van der Waals surface area contributed by atoms with Crippen LogP contribution in [0.15, 0.2) is 40.1 Å². The molecule has 0 aromatic heterocycles. The molecule has 6 nitrogen and oxygen atoms in total. The number of nitrogens with zero attached hydrogens (tertiary/aromatic N) is 1. The average Bonchev–Trinajstić information content (AvgIpc) is 2.37. The summed E-state index contributed by atoms with van der Waals surface area (Å²) >= 11 is 0. The molecule has 0 spiro atoms. The van der Waals surface area contributed by atoms with E-state index in [9.17, 15) is 17.2 Å². The maximum atomic E-state index is 13.1. The van der Waals surface area contributed by atoms with Crippen molar-refractivity contribution in [3.8, 4) is 0 Å². The predicted molar refractivity (Wildman–Crippen MR) is 76.3 cm³/mol. The van der Waals surface area contributed by atoms with E-state index >= 15 is 0 Å². The van der Waals surface area contributed by atoms with E-state index in [4.69, 9.17) is 4.55 Å². The first-order valence-corrected chi connectivity index (χ1v) is 7.25. The van der Waals surface area contributed by atoms with E-state index in [-0.39, 0.29) is 11.4 Å². The molecule has 0 unspecified atom stereocenters. The molecule has 0 aliphatic rings. The minimum absolute atomic E-state index is 0.0422. The summed E-state index contributed by atoms with van der Waals surface area (Å²) in [5.74, 6) is -0.906. The summed E-state index contributed by atoms with van der Waals surface area (Å²) in [5.41, 5.74) is 0.864. The summed E-state index contributed by atoms with van der Waals surface area (Å²) in [6.07, 6.45) is 0.00802. The number of hydrogen-bond donors (Lipinski definition) is 3. The molecule has 0 aliphatic carbocycles. The molecule has 0 atom stereocenters. The van der Waals surface area contributed by atoms with Crippen LogP contribution in [0.5, 0.6) is 0 Å². The molecule has 0 heterocycles. The van der Waals surface area contributed by atoms with Gasteiger partial charge in [0.1, 0.15) is 0 Å². The second-order valence-corrected chi connectivity index (χ2v) is 5.42. The Hall–Kier alpha value is -2.00. The fourth-order valence-electron chi connectivity index (χ4n) is 1.51. The van der Waals surface area contributed by atoms with Crippen molar-refractivity contribution in [2.45, 2.75) is 11.8 Å². The zero-order valence-corrected chi connectivity index (χ0v) is 12.2. The van der Waals surface area contributed by atoms with E-state index in [1.807, 2.05) is 0 Å². The first kappa shape index (κ1) is 17.1. The van der Waals surface area contributed by atoms with Crippen LogP contribution >= 0.6 is 0 Å². The van der Waals surface area contributed by atoms with Crippen LogP contribution in [0.2, 0.25) is 0 Å². The number of anilines is 1. The van der Waals surface area contributed by atoms with E-state index in [0.717, 1.165) is 6.08 Å².